The maximum atomic E-state index is 4.63. The summed E-state index contributed by atoms with van der Waals surface area (Å²) < 4.78 is 0. The second-order valence-corrected chi connectivity index (χ2v) is 6.63. The Labute approximate surface area is 122 Å². The van der Waals surface area contributed by atoms with Crippen molar-refractivity contribution in [3.05, 3.63) is 11.9 Å². The molecule has 112 valence electrons. The van der Waals surface area contributed by atoms with Crippen molar-refractivity contribution in [2.24, 2.45) is 5.41 Å². The molecule has 0 aromatic carbocycles. The van der Waals surface area contributed by atoms with Crippen LogP contribution < -0.4 is 10.6 Å². The van der Waals surface area contributed by atoms with Crippen molar-refractivity contribution in [2.75, 3.05) is 24.2 Å². The average Bonchev–Trinajstić information content (AvgIpc) is 2.45. The van der Waals surface area contributed by atoms with Crippen LogP contribution in [0.3, 0.4) is 0 Å². The molecule has 1 heterocycles. The van der Waals surface area contributed by atoms with E-state index in [2.05, 4.69) is 41.4 Å². The average molecular weight is 276 g/mol. The summed E-state index contributed by atoms with van der Waals surface area (Å²) in [4.78, 5) is 9.14. The van der Waals surface area contributed by atoms with E-state index < -0.39 is 0 Å². The van der Waals surface area contributed by atoms with Gasteiger partial charge >= 0.3 is 0 Å². The standard InChI is InChI=1S/C16H28N4/c1-12(2)15-19-13(17-4)10-14(20-15)18-11-16(3)8-6-5-7-9-16/h10,12H,5-9,11H2,1-4H3,(H2,17,18,19,20). The molecule has 0 atom stereocenters. The van der Waals surface area contributed by atoms with Crippen LogP contribution in [0.15, 0.2) is 6.07 Å². The summed E-state index contributed by atoms with van der Waals surface area (Å²) in [6.07, 6.45) is 6.76. The predicted octanol–water partition coefficient (Wildman–Crippen LogP) is 4.02. The minimum Gasteiger partial charge on any atom is -0.373 e. The highest BCUT2D eigenvalue weighted by molar-refractivity contribution is 5.47. The molecule has 0 amide bonds. The third-order valence-electron chi connectivity index (χ3n) is 4.27. The zero-order valence-corrected chi connectivity index (χ0v) is 13.3. The van der Waals surface area contributed by atoms with Crippen LogP contribution in [-0.2, 0) is 0 Å². The van der Waals surface area contributed by atoms with Crippen molar-refractivity contribution < 1.29 is 0 Å². The molecule has 0 unspecified atom stereocenters. The Hall–Kier alpha value is -1.32. The highest BCUT2D eigenvalue weighted by Gasteiger charge is 2.26. The second kappa shape index (κ2) is 6.42. The molecule has 1 fully saturated rings. The number of hydrogen-bond donors (Lipinski definition) is 2. The van der Waals surface area contributed by atoms with Crippen molar-refractivity contribution >= 4 is 11.6 Å². The van der Waals surface area contributed by atoms with Crippen LogP contribution in [0.4, 0.5) is 11.6 Å². The van der Waals surface area contributed by atoms with Crippen LogP contribution in [-0.4, -0.2) is 23.6 Å². The van der Waals surface area contributed by atoms with Crippen molar-refractivity contribution in [2.45, 2.75) is 58.8 Å². The van der Waals surface area contributed by atoms with Gasteiger partial charge in [-0.1, -0.05) is 40.0 Å². The molecule has 1 aliphatic rings. The Morgan fingerprint density at radius 1 is 1.15 bits per heavy atom. The molecule has 20 heavy (non-hydrogen) atoms. The van der Waals surface area contributed by atoms with E-state index in [1.165, 1.54) is 32.1 Å². The molecular formula is C16H28N4. The number of rotatable bonds is 5. The van der Waals surface area contributed by atoms with E-state index in [1.807, 2.05) is 13.1 Å². The topological polar surface area (TPSA) is 49.8 Å². The van der Waals surface area contributed by atoms with Crippen LogP contribution >= 0.6 is 0 Å². The van der Waals surface area contributed by atoms with E-state index in [0.717, 1.165) is 24.0 Å². The summed E-state index contributed by atoms with van der Waals surface area (Å²) >= 11 is 0. The number of aromatic nitrogens is 2. The Morgan fingerprint density at radius 3 is 2.40 bits per heavy atom. The number of nitrogens with zero attached hydrogens (tertiary/aromatic N) is 2. The quantitative estimate of drug-likeness (QED) is 0.852. The van der Waals surface area contributed by atoms with Crippen LogP contribution in [0, 0.1) is 5.41 Å². The first kappa shape index (κ1) is 15.1. The van der Waals surface area contributed by atoms with Gasteiger partial charge in [0.25, 0.3) is 0 Å². The smallest absolute Gasteiger partial charge is 0.135 e. The van der Waals surface area contributed by atoms with Crippen molar-refractivity contribution in [3.63, 3.8) is 0 Å². The Kier molecular flexibility index (Phi) is 4.84. The zero-order chi connectivity index (χ0) is 14.6. The summed E-state index contributed by atoms with van der Waals surface area (Å²) in [5.41, 5.74) is 0.418. The molecule has 4 heteroatoms. The van der Waals surface area contributed by atoms with E-state index in [0.29, 0.717) is 11.3 Å². The minimum absolute atomic E-state index is 0.342. The summed E-state index contributed by atoms with van der Waals surface area (Å²) in [7, 11) is 1.90. The fraction of sp³-hybridized carbons (Fsp3) is 0.750. The van der Waals surface area contributed by atoms with Gasteiger partial charge in [0.05, 0.1) is 0 Å². The molecule has 2 rings (SSSR count). The van der Waals surface area contributed by atoms with Gasteiger partial charge in [0.15, 0.2) is 0 Å². The SMILES string of the molecule is CNc1cc(NCC2(C)CCCCC2)nc(C(C)C)n1. The first-order valence-corrected chi connectivity index (χ1v) is 7.83. The van der Waals surface area contributed by atoms with Gasteiger partial charge in [0.2, 0.25) is 0 Å². The lowest BCUT2D eigenvalue weighted by Gasteiger charge is -2.33. The minimum atomic E-state index is 0.342. The monoisotopic (exact) mass is 276 g/mol. The van der Waals surface area contributed by atoms with Crippen LogP contribution in [0.1, 0.15) is 64.6 Å². The lowest BCUT2D eigenvalue weighted by Crippen LogP contribution is -2.29. The van der Waals surface area contributed by atoms with Crippen LogP contribution in [0.2, 0.25) is 0 Å². The largest absolute Gasteiger partial charge is 0.373 e. The molecule has 1 aliphatic carbocycles. The maximum absolute atomic E-state index is 4.63. The van der Waals surface area contributed by atoms with Crippen molar-refractivity contribution in [1.29, 1.82) is 0 Å². The fourth-order valence-corrected chi connectivity index (χ4v) is 2.83. The third kappa shape index (κ3) is 3.84. The van der Waals surface area contributed by atoms with Gasteiger partial charge in [-0.05, 0) is 18.3 Å². The Bertz CT molecular complexity index is 436. The van der Waals surface area contributed by atoms with E-state index in [9.17, 15) is 0 Å². The number of anilines is 2. The van der Waals surface area contributed by atoms with Crippen molar-refractivity contribution in [1.82, 2.24) is 9.97 Å². The van der Waals surface area contributed by atoms with E-state index in [-0.39, 0.29) is 0 Å². The molecule has 1 aromatic rings. The molecule has 0 radical (unpaired) electrons. The van der Waals surface area contributed by atoms with Gasteiger partial charge in [-0.2, -0.15) is 0 Å². The summed E-state index contributed by atoms with van der Waals surface area (Å²) in [6, 6.07) is 2.00. The van der Waals surface area contributed by atoms with Crippen molar-refractivity contribution in [3.8, 4) is 0 Å². The van der Waals surface area contributed by atoms with Gasteiger partial charge in [-0.25, -0.2) is 9.97 Å². The summed E-state index contributed by atoms with van der Waals surface area (Å²) in [6.45, 7) is 7.65. The van der Waals surface area contributed by atoms with E-state index in [4.69, 9.17) is 0 Å². The Balaban J connectivity index is 2.06. The first-order valence-electron chi connectivity index (χ1n) is 7.83. The molecular weight excluding hydrogens is 248 g/mol. The van der Waals surface area contributed by atoms with Gasteiger partial charge in [-0.3, -0.25) is 0 Å². The third-order valence-corrected chi connectivity index (χ3v) is 4.27. The van der Waals surface area contributed by atoms with E-state index in [1.54, 1.807) is 0 Å². The van der Waals surface area contributed by atoms with Gasteiger partial charge in [-0.15, -0.1) is 0 Å². The molecule has 2 N–H and O–H groups in total. The molecule has 4 nitrogen and oxygen atoms in total. The lowest BCUT2D eigenvalue weighted by atomic mass is 9.76. The highest BCUT2D eigenvalue weighted by atomic mass is 15.1. The molecule has 1 aromatic heterocycles. The molecule has 0 bridgehead atoms. The molecule has 0 saturated heterocycles. The lowest BCUT2D eigenvalue weighted by molar-refractivity contribution is 0.233. The fourth-order valence-electron chi connectivity index (χ4n) is 2.83. The highest BCUT2D eigenvalue weighted by Crippen LogP contribution is 2.35. The second-order valence-electron chi connectivity index (χ2n) is 6.63. The Morgan fingerprint density at radius 2 is 1.80 bits per heavy atom. The predicted molar refractivity (Wildman–Crippen MR) is 85.3 cm³/mol. The van der Waals surface area contributed by atoms with E-state index >= 15 is 0 Å². The summed E-state index contributed by atoms with van der Waals surface area (Å²) in [5.74, 6) is 3.07. The van der Waals surface area contributed by atoms with Gasteiger partial charge in [0.1, 0.15) is 17.5 Å². The van der Waals surface area contributed by atoms with Gasteiger partial charge in [0, 0.05) is 25.6 Å². The number of hydrogen-bond acceptors (Lipinski definition) is 4. The molecule has 1 saturated carbocycles. The normalized spacial score (nSPS) is 18.1. The number of nitrogens with one attached hydrogen (secondary N) is 2. The van der Waals surface area contributed by atoms with Crippen LogP contribution in [0.5, 0.6) is 0 Å². The summed E-state index contributed by atoms with van der Waals surface area (Å²) in [5, 5.41) is 6.65. The molecule has 0 aliphatic heterocycles. The first-order chi connectivity index (χ1) is 9.52. The van der Waals surface area contributed by atoms with Gasteiger partial charge < -0.3 is 10.6 Å². The maximum Gasteiger partial charge on any atom is 0.135 e. The zero-order valence-electron chi connectivity index (χ0n) is 13.3. The molecule has 0 spiro atoms. The van der Waals surface area contributed by atoms with Crippen LogP contribution in [0.25, 0.3) is 0 Å².